The molecule has 0 aliphatic heterocycles. The van der Waals surface area contributed by atoms with E-state index in [2.05, 4.69) is 437 Å². The molecule has 0 N–H and O–H groups in total. The van der Waals surface area contributed by atoms with Gasteiger partial charge in [-0.3, -0.25) is 0 Å². The fraction of sp³-hybridized carbons (Fsp3) is 0. The predicted octanol–water partition coefficient (Wildman–Crippen LogP) is 33.0. The van der Waals surface area contributed by atoms with Crippen molar-refractivity contribution in [2.75, 3.05) is 0 Å². The van der Waals surface area contributed by atoms with Gasteiger partial charge in [-0.05, 0) is 244 Å². The Morgan fingerprint density at radius 2 is 0.342 bits per heavy atom. The van der Waals surface area contributed by atoms with E-state index >= 15 is 0 Å². The number of fused-ring (bicyclic) bond motifs is 14. The Labute approximate surface area is 678 Å². The van der Waals surface area contributed by atoms with Crippen LogP contribution in [0.3, 0.4) is 0 Å². The van der Waals surface area contributed by atoms with Crippen LogP contribution in [0.1, 0.15) is 0 Å². The molecule has 1 aromatic heterocycles. The molecule has 0 unspecified atom stereocenters. The summed E-state index contributed by atoms with van der Waals surface area (Å²) in [7, 11) is 0. The van der Waals surface area contributed by atoms with Crippen LogP contribution in [0.4, 0.5) is 0 Å². The number of para-hydroxylation sites is 1. The van der Waals surface area contributed by atoms with Gasteiger partial charge in [-0.1, -0.05) is 413 Å². The topological polar surface area (TPSA) is 13.1 Å². The highest BCUT2D eigenvalue weighted by Gasteiger charge is 2.23. The molecular formula is C116H74O. The molecule has 0 aliphatic rings. The van der Waals surface area contributed by atoms with Crippen LogP contribution in [0.2, 0.25) is 0 Å². The van der Waals surface area contributed by atoms with Crippen molar-refractivity contribution in [3.05, 3.63) is 449 Å². The fourth-order valence-electron chi connectivity index (χ4n) is 18.7. The zero-order valence-electron chi connectivity index (χ0n) is 64.1. The Bertz CT molecular complexity index is 7880. The van der Waals surface area contributed by atoms with Crippen molar-refractivity contribution >= 4 is 140 Å². The molecule has 1 heterocycles. The van der Waals surface area contributed by atoms with E-state index < -0.39 is 0 Å². The van der Waals surface area contributed by atoms with E-state index in [1.54, 1.807) is 0 Å². The van der Waals surface area contributed by atoms with Crippen LogP contribution in [-0.4, -0.2) is 0 Å². The summed E-state index contributed by atoms with van der Waals surface area (Å²) >= 11 is 0. The lowest BCUT2D eigenvalue weighted by Crippen LogP contribution is -1.91. The molecule has 24 rings (SSSR count). The largest absolute Gasteiger partial charge is 0.456 e. The lowest BCUT2D eigenvalue weighted by molar-refractivity contribution is 0.669. The third-order valence-electron chi connectivity index (χ3n) is 24.1. The summed E-state index contributed by atoms with van der Waals surface area (Å²) < 4.78 is 6.16. The zero-order chi connectivity index (χ0) is 77.3. The third kappa shape index (κ3) is 12.1. The molecule has 0 aliphatic carbocycles. The van der Waals surface area contributed by atoms with Crippen LogP contribution in [0.25, 0.3) is 229 Å². The summed E-state index contributed by atoms with van der Waals surface area (Å²) in [5.74, 6) is 0. The van der Waals surface area contributed by atoms with Crippen LogP contribution in [0.15, 0.2) is 453 Å². The first-order valence-electron chi connectivity index (χ1n) is 40.4. The first kappa shape index (κ1) is 68.5. The van der Waals surface area contributed by atoms with Crippen molar-refractivity contribution in [1.29, 1.82) is 0 Å². The molecule has 0 bridgehead atoms. The van der Waals surface area contributed by atoms with Crippen molar-refractivity contribution in [2.45, 2.75) is 0 Å². The average molecular weight is 1480 g/mol. The molecule has 0 saturated heterocycles. The SMILES string of the molecule is c1ccc2cc(-c3c4ccccc4c(-c4cccc5ccccc45)c4ccccc34)ccc2c1.c1ccc2cc(-c3ccc(-c4c5ccccc5c(-c5ccc6oc7ccccc7c6c5)c5ccccc45)cc3)ccc2c1.c1ccc2cc(-c3ccc(-c4c5ccccc5c(-c5cccc6ccccc56)c5ccccc45)cc3)ccc2c1. The Morgan fingerprint density at radius 1 is 0.111 bits per heavy atom. The summed E-state index contributed by atoms with van der Waals surface area (Å²) in [5.41, 5.74) is 22.0. The first-order chi connectivity index (χ1) is 58.0. The monoisotopic (exact) mass is 1480 g/mol. The molecule has 544 valence electrons. The van der Waals surface area contributed by atoms with E-state index in [1.165, 1.54) is 208 Å². The molecule has 1 heteroatoms. The molecule has 117 heavy (non-hydrogen) atoms. The van der Waals surface area contributed by atoms with Gasteiger partial charge >= 0.3 is 0 Å². The number of furan rings is 1. The summed E-state index contributed by atoms with van der Waals surface area (Å²) in [4.78, 5) is 0. The standard InChI is InChI=1S/C42H26O.C40H26.C34H22/c1-2-10-30-25-31(22-19-27(30)9-1)28-17-20-29(21-18-28)41-34-12-3-5-14-36(34)42(37-15-6-4-13-35(37)41)32-23-24-40-38(26-32)33-11-7-8-16-39(33)43-40;1-2-12-31-26-32(25-22-27(31)10-1)28-20-23-30(24-21-28)39-35-15-5-7-17-37(35)40(38-18-8-6-16-36(38)39)34-19-9-13-29-11-3-4-14-33(29)34;1-2-12-25-22-26(21-20-23(25)10-1)33-29-15-5-7-17-31(29)34(32-18-8-6-16-30(32)33)28-19-9-13-24-11-3-4-14-27(24)28/h1-26H;1-26H;1-22H. The fourth-order valence-corrected chi connectivity index (χ4v) is 18.7. The van der Waals surface area contributed by atoms with Gasteiger partial charge in [-0.2, -0.15) is 0 Å². The van der Waals surface area contributed by atoms with E-state index in [0.717, 1.165) is 21.9 Å². The van der Waals surface area contributed by atoms with Crippen LogP contribution < -0.4 is 0 Å². The van der Waals surface area contributed by atoms with Gasteiger partial charge in [0.2, 0.25) is 0 Å². The maximum Gasteiger partial charge on any atom is 0.135 e. The van der Waals surface area contributed by atoms with Crippen molar-refractivity contribution in [3.63, 3.8) is 0 Å². The molecule has 1 nitrogen and oxygen atoms in total. The minimum Gasteiger partial charge on any atom is -0.456 e. The highest BCUT2D eigenvalue weighted by atomic mass is 16.3. The van der Waals surface area contributed by atoms with E-state index in [4.69, 9.17) is 4.42 Å². The second-order valence-corrected chi connectivity index (χ2v) is 30.7. The number of hydrogen-bond donors (Lipinski definition) is 0. The minimum atomic E-state index is 0.918. The maximum absolute atomic E-state index is 6.16. The average Bonchev–Trinajstić information content (AvgIpc) is 1.38. The molecule has 0 amide bonds. The van der Waals surface area contributed by atoms with Gasteiger partial charge in [-0.15, -0.1) is 0 Å². The molecule has 0 spiro atoms. The van der Waals surface area contributed by atoms with Gasteiger partial charge in [0.25, 0.3) is 0 Å². The van der Waals surface area contributed by atoms with Crippen LogP contribution in [0, 0.1) is 0 Å². The molecule has 0 atom stereocenters. The van der Waals surface area contributed by atoms with Gasteiger partial charge in [-0.25, -0.2) is 0 Å². The summed E-state index contributed by atoms with van der Waals surface area (Å²) in [6, 6.07) is 163. The molecule has 0 saturated carbocycles. The van der Waals surface area contributed by atoms with Gasteiger partial charge in [0, 0.05) is 10.8 Å². The van der Waals surface area contributed by atoms with Crippen molar-refractivity contribution < 1.29 is 4.42 Å². The molecule has 23 aromatic carbocycles. The van der Waals surface area contributed by atoms with Crippen molar-refractivity contribution in [1.82, 2.24) is 0 Å². The molecular weight excluding hydrogens is 1410 g/mol. The van der Waals surface area contributed by atoms with E-state index in [-0.39, 0.29) is 0 Å². The van der Waals surface area contributed by atoms with Crippen molar-refractivity contribution in [3.8, 4) is 89.0 Å². The minimum absolute atomic E-state index is 0.918. The number of hydrogen-bond acceptors (Lipinski definition) is 1. The Balaban J connectivity index is 0.000000107. The van der Waals surface area contributed by atoms with Crippen LogP contribution in [0.5, 0.6) is 0 Å². The third-order valence-corrected chi connectivity index (χ3v) is 24.1. The quantitative estimate of drug-likeness (QED) is 0.138. The number of benzene rings is 23. The lowest BCUT2D eigenvalue weighted by Gasteiger charge is -2.19. The van der Waals surface area contributed by atoms with Crippen molar-refractivity contribution in [2.24, 2.45) is 0 Å². The second-order valence-electron chi connectivity index (χ2n) is 30.7. The molecule has 0 radical (unpaired) electrons. The van der Waals surface area contributed by atoms with Crippen LogP contribution >= 0.6 is 0 Å². The van der Waals surface area contributed by atoms with E-state index in [0.29, 0.717) is 0 Å². The van der Waals surface area contributed by atoms with Gasteiger partial charge < -0.3 is 4.42 Å². The van der Waals surface area contributed by atoms with E-state index in [1.807, 2.05) is 12.1 Å². The molecule has 0 fully saturated rings. The highest BCUT2D eigenvalue weighted by Crippen LogP contribution is 2.50. The Kier molecular flexibility index (Phi) is 17.0. The highest BCUT2D eigenvalue weighted by molar-refractivity contribution is 6.27. The number of rotatable bonds is 8. The summed E-state index contributed by atoms with van der Waals surface area (Å²) in [5, 5.41) is 30.3. The van der Waals surface area contributed by atoms with Gasteiger partial charge in [0.05, 0.1) is 0 Å². The Morgan fingerprint density at radius 3 is 0.709 bits per heavy atom. The smallest absolute Gasteiger partial charge is 0.135 e. The lowest BCUT2D eigenvalue weighted by atomic mass is 9.84. The van der Waals surface area contributed by atoms with E-state index in [9.17, 15) is 0 Å². The summed E-state index contributed by atoms with van der Waals surface area (Å²) in [6.45, 7) is 0. The van der Waals surface area contributed by atoms with Gasteiger partial charge in [0.15, 0.2) is 0 Å². The Hall–Kier alpha value is -15.3. The predicted molar refractivity (Wildman–Crippen MR) is 503 cm³/mol. The van der Waals surface area contributed by atoms with Gasteiger partial charge in [0.1, 0.15) is 11.2 Å². The molecule has 24 aromatic rings. The van der Waals surface area contributed by atoms with Crippen LogP contribution in [-0.2, 0) is 0 Å². The second kappa shape index (κ2) is 29.0. The maximum atomic E-state index is 6.16. The normalized spacial score (nSPS) is 11.6. The zero-order valence-corrected chi connectivity index (χ0v) is 64.1. The summed E-state index contributed by atoms with van der Waals surface area (Å²) in [6.07, 6.45) is 0. The first-order valence-corrected chi connectivity index (χ1v) is 40.4.